The quantitative estimate of drug-likeness (QED) is 0.873. The van der Waals surface area contributed by atoms with Crippen molar-refractivity contribution in [2.24, 2.45) is 5.92 Å². The Hall–Kier alpha value is -1.38. The topological polar surface area (TPSA) is 29.1 Å². The summed E-state index contributed by atoms with van der Waals surface area (Å²) in [5.74, 6) is 0.453. The zero-order valence-corrected chi connectivity index (χ0v) is 11.0. The lowest BCUT2D eigenvalue weighted by molar-refractivity contribution is -0.119. The Balaban J connectivity index is 2.15. The average molecular weight is 249 g/mol. The first-order valence-electron chi connectivity index (χ1n) is 6.55. The van der Waals surface area contributed by atoms with E-state index in [9.17, 15) is 9.18 Å². The monoisotopic (exact) mass is 249 g/mol. The molecule has 1 aliphatic rings. The van der Waals surface area contributed by atoms with Gasteiger partial charge in [-0.05, 0) is 42.9 Å². The lowest BCUT2D eigenvalue weighted by atomic mass is 9.82. The minimum atomic E-state index is -0.216. The van der Waals surface area contributed by atoms with Crippen LogP contribution in [0.25, 0.3) is 0 Å². The molecule has 0 aromatic heterocycles. The van der Waals surface area contributed by atoms with E-state index in [-0.39, 0.29) is 17.3 Å². The Kier molecular flexibility index (Phi) is 3.69. The minimum absolute atomic E-state index is 0.136. The highest BCUT2D eigenvalue weighted by molar-refractivity contribution is 5.79. The molecule has 1 heterocycles. The lowest BCUT2D eigenvalue weighted by Gasteiger charge is -2.31. The molecule has 1 aromatic rings. The van der Waals surface area contributed by atoms with Crippen LogP contribution in [0.2, 0.25) is 0 Å². The molecule has 1 saturated heterocycles. The van der Waals surface area contributed by atoms with Gasteiger partial charge in [-0.25, -0.2) is 4.39 Å². The van der Waals surface area contributed by atoms with Gasteiger partial charge in [-0.1, -0.05) is 26.0 Å². The van der Waals surface area contributed by atoms with Crippen LogP contribution < -0.4 is 5.32 Å². The van der Waals surface area contributed by atoms with Crippen LogP contribution in [0.3, 0.4) is 0 Å². The van der Waals surface area contributed by atoms with Crippen molar-refractivity contribution >= 4 is 5.91 Å². The number of carbonyl (C=O) groups excluding carboxylic acids is 1. The smallest absolute Gasteiger partial charge is 0.220 e. The van der Waals surface area contributed by atoms with E-state index in [2.05, 4.69) is 19.2 Å². The van der Waals surface area contributed by atoms with Crippen molar-refractivity contribution in [3.8, 4) is 0 Å². The van der Waals surface area contributed by atoms with E-state index in [0.717, 1.165) is 24.8 Å². The van der Waals surface area contributed by atoms with Crippen molar-refractivity contribution in [1.29, 1.82) is 0 Å². The van der Waals surface area contributed by atoms with Crippen molar-refractivity contribution in [2.45, 2.75) is 45.1 Å². The second-order valence-corrected chi connectivity index (χ2v) is 5.73. The molecule has 0 aliphatic carbocycles. The first-order valence-corrected chi connectivity index (χ1v) is 6.55. The molecular formula is C15H20FNO. The highest BCUT2D eigenvalue weighted by Crippen LogP contribution is 2.31. The molecule has 1 N–H and O–H groups in total. The van der Waals surface area contributed by atoms with Crippen molar-refractivity contribution in [2.75, 3.05) is 0 Å². The van der Waals surface area contributed by atoms with Crippen molar-refractivity contribution in [1.82, 2.24) is 5.32 Å². The Bertz CT molecular complexity index is 427. The molecule has 0 spiro atoms. The summed E-state index contributed by atoms with van der Waals surface area (Å²) in [6.45, 7) is 4.33. The summed E-state index contributed by atoms with van der Waals surface area (Å²) >= 11 is 0. The predicted molar refractivity (Wildman–Crippen MR) is 69.7 cm³/mol. The fourth-order valence-corrected chi connectivity index (χ4v) is 2.91. The Labute approximate surface area is 108 Å². The van der Waals surface area contributed by atoms with Crippen LogP contribution in [-0.2, 0) is 11.2 Å². The molecule has 2 nitrogen and oxygen atoms in total. The zero-order valence-electron chi connectivity index (χ0n) is 11.0. The second-order valence-electron chi connectivity index (χ2n) is 5.73. The lowest BCUT2D eigenvalue weighted by Crippen LogP contribution is -2.44. The zero-order chi connectivity index (χ0) is 13.2. The summed E-state index contributed by atoms with van der Waals surface area (Å²) in [4.78, 5) is 11.5. The molecule has 1 atom stereocenters. The van der Waals surface area contributed by atoms with E-state index in [0.29, 0.717) is 12.3 Å². The highest BCUT2D eigenvalue weighted by atomic mass is 19.1. The Morgan fingerprint density at radius 1 is 1.33 bits per heavy atom. The van der Waals surface area contributed by atoms with Gasteiger partial charge in [0, 0.05) is 12.0 Å². The predicted octanol–water partition coefficient (Wildman–Crippen LogP) is 3.06. The van der Waals surface area contributed by atoms with Gasteiger partial charge in [0.2, 0.25) is 5.91 Å². The van der Waals surface area contributed by atoms with Gasteiger partial charge in [0.25, 0.3) is 0 Å². The normalized spacial score (nSPS) is 23.4. The highest BCUT2D eigenvalue weighted by Gasteiger charge is 2.37. The van der Waals surface area contributed by atoms with Crippen LogP contribution in [0.15, 0.2) is 24.3 Å². The van der Waals surface area contributed by atoms with Gasteiger partial charge in [-0.2, -0.15) is 0 Å². The van der Waals surface area contributed by atoms with E-state index < -0.39 is 0 Å². The standard InChI is InChI=1S/C15H20FNO/c1-11(2)9-15(8-7-14(18)17-15)10-12-3-5-13(16)6-4-12/h3-6,11H,7-10H2,1-2H3,(H,17,18). The number of nitrogens with one attached hydrogen (secondary N) is 1. The van der Waals surface area contributed by atoms with Crippen LogP contribution in [0.4, 0.5) is 4.39 Å². The van der Waals surface area contributed by atoms with E-state index >= 15 is 0 Å². The number of amides is 1. The minimum Gasteiger partial charge on any atom is -0.350 e. The summed E-state index contributed by atoms with van der Waals surface area (Å²) in [5.41, 5.74) is 0.947. The summed E-state index contributed by atoms with van der Waals surface area (Å²) in [6.07, 6.45) is 3.24. The van der Waals surface area contributed by atoms with Gasteiger partial charge >= 0.3 is 0 Å². The first-order chi connectivity index (χ1) is 8.49. The van der Waals surface area contributed by atoms with Crippen LogP contribution >= 0.6 is 0 Å². The maximum absolute atomic E-state index is 12.9. The molecule has 18 heavy (non-hydrogen) atoms. The maximum atomic E-state index is 12.9. The number of rotatable bonds is 4. The molecule has 0 bridgehead atoms. The van der Waals surface area contributed by atoms with Crippen molar-refractivity contribution < 1.29 is 9.18 Å². The fourth-order valence-electron chi connectivity index (χ4n) is 2.91. The SMILES string of the molecule is CC(C)CC1(Cc2ccc(F)cc2)CCC(=O)N1. The molecule has 0 radical (unpaired) electrons. The van der Waals surface area contributed by atoms with Crippen molar-refractivity contribution in [3.05, 3.63) is 35.6 Å². The molecule has 1 fully saturated rings. The number of halogens is 1. The van der Waals surface area contributed by atoms with Gasteiger partial charge in [0.15, 0.2) is 0 Å². The molecule has 1 amide bonds. The average Bonchev–Trinajstić information content (AvgIpc) is 2.62. The molecule has 0 saturated carbocycles. The molecule has 1 aromatic carbocycles. The van der Waals surface area contributed by atoms with Gasteiger partial charge < -0.3 is 5.32 Å². The maximum Gasteiger partial charge on any atom is 0.220 e. The fraction of sp³-hybridized carbons (Fsp3) is 0.533. The van der Waals surface area contributed by atoms with E-state index in [1.54, 1.807) is 0 Å². The summed E-state index contributed by atoms with van der Waals surface area (Å²) < 4.78 is 12.9. The van der Waals surface area contributed by atoms with E-state index in [1.165, 1.54) is 12.1 Å². The molecule has 3 heteroatoms. The van der Waals surface area contributed by atoms with Crippen molar-refractivity contribution in [3.63, 3.8) is 0 Å². The van der Waals surface area contributed by atoms with E-state index in [4.69, 9.17) is 0 Å². The van der Waals surface area contributed by atoms with Crippen LogP contribution in [0.5, 0.6) is 0 Å². The van der Waals surface area contributed by atoms with Gasteiger partial charge in [0.05, 0.1) is 0 Å². The third-order valence-corrected chi connectivity index (χ3v) is 3.49. The Morgan fingerprint density at radius 3 is 2.50 bits per heavy atom. The third kappa shape index (κ3) is 3.09. The second kappa shape index (κ2) is 5.09. The summed E-state index contributed by atoms with van der Waals surface area (Å²) in [7, 11) is 0. The molecular weight excluding hydrogens is 229 g/mol. The van der Waals surface area contributed by atoms with Crippen LogP contribution in [0.1, 0.15) is 38.7 Å². The van der Waals surface area contributed by atoms with Gasteiger partial charge in [0.1, 0.15) is 5.82 Å². The van der Waals surface area contributed by atoms with Crippen LogP contribution in [-0.4, -0.2) is 11.4 Å². The summed E-state index contributed by atoms with van der Waals surface area (Å²) in [6, 6.07) is 6.58. The third-order valence-electron chi connectivity index (χ3n) is 3.49. The van der Waals surface area contributed by atoms with Gasteiger partial charge in [-0.15, -0.1) is 0 Å². The summed E-state index contributed by atoms with van der Waals surface area (Å²) in [5, 5.41) is 3.13. The number of hydrogen-bond acceptors (Lipinski definition) is 1. The van der Waals surface area contributed by atoms with Crippen LogP contribution in [0, 0.1) is 11.7 Å². The molecule has 2 rings (SSSR count). The Morgan fingerprint density at radius 2 is 2.00 bits per heavy atom. The largest absolute Gasteiger partial charge is 0.350 e. The molecule has 1 unspecified atom stereocenters. The first kappa shape index (κ1) is 13.1. The van der Waals surface area contributed by atoms with Gasteiger partial charge in [-0.3, -0.25) is 4.79 Å². The molecule has 1 aliphatic heterocycles. The molecule has 98 valence electrons. The number of carbonyl (C=O) groups is 1. The van der Waals surface area contributed by atoms with E-state index in [1.807, 2.05) is 12.1 Å². The number of hydrogen-bond donors (Lipinski definition) is 1. The number of benzene rings is 1.